The fraction of sp³-hybridized carbons (Fsp3) is 0. The molecule has 13 aromatic rings. The molecule has 0 saturated carbocycles. The van der Waals surface area contributed by atoms with Crippen molar-refractivity contribution in [3.63, 3.8) is 0 Å². The van der Waals surface area contributed by atoms with Crippen LogP contribution in [0, 0.1) is 0 Å². The molecule has 15 rings (SSSR count). The van der Waals surface area contributed by atoms with Crippen LogP contribution in [0.3, 0.4) is 0 Å². The van der Waals surface area contributed by atoms with Crippen molar-refractivity contribution in [1.82, 2.24) is 4.48 Å². The molecule has 0 radical (unpaired) electrons. The molecule has 58 heavy (non-hydrogen) atoms. The highest BCUT2D eigenvalue weighted by Gasteiger charge is 2.45. The Labute approximate surface area is 329 Å². The van der Waals surface area contributed by atoms with E-state index in [4.69, 9.17) is 13.3 Å². The lowest BCUT2D eigenvalue weighted by Crippen LogP contribution is -2.56. The summed E-state index contributed by atoms with van der Waals surface area (Å²) in [6, 6.07) is 59.2. The number of hydrogen-bond acceptors (Lipinski definition) is 4. The molecule has 0 saturated heterocycles. The Morgan fingerprint density at radius 1 is 0.414 bits per heavy atom. The number of fused-ring (bicyclic) bond motifs is 18. The number of anilines is 3. The van der Waals surface area contributed by atoms with Crippen LogP contribution in [0.1, 0.15) is 0 Å². The smallest absolute Gasteiger partial charge is 0.333 e. The van der Waals surface area contributed by atoms with Crippen LogP contribution in [0.2, 0.25) is 0 Å². The minimum absolute atomic E-state index is 0.180. The maximum absolute atomic E-state index is 6.98. The largest absolute Gasteiger partial charge is 0.456 e. The third-order valence-electron chi connectivity index (χ3n) is 13.1. The highest BCUT2D eigenvalue weighted by molar-refractivity contribution is 6.90. The van der Waals surface area contributed by atoms with Crippen molar-refractivity contribution < 1.29 is 13.3 Å². The van der Waals surface area contributed by atoms with Crippen LogP contribution in [0.5, 0.6) is 0 Å². The summed E-state index contributed by atoms with van der Waals surface area (Å²) in [6.45, 7) is -0.180. The predicted octanol–water partition coefficient (Wildman–Crippen LogP) is 13.1. The summed E-state index contributed by atoms with van der Waals surface area (Å²) >= 11 is 0. The quantitative estimate of drug-likeness (QED) is 0.157. The molecule has 9 aromatic carbocycles. The van der Waals surface area contributed by atoms with E-state index in [9.17, 15) is 0 Å². The van der Waals surface area contributed by atoms with E-state index in [0.717, 1.165) is 88.4 Å². The van der Waals surface area contributed by atoms with Gasteiger partial charge in [-0.25, -0.2) is 0 Å². The number of aromatic nitrogens is 1. The molecule has 6 heterocycles. The van der Waals surface area contributed by atoms with Crippen molar-refractivity contribution in [3.8, 4) is 11.1 Å². The highest BCUT2D eigenvalue weighted by atomic mass is 16.3. The van der Waals surface area contributed by atoms with Gasteiger partial charge in [0.25, 0.3) is 0 Å². The molecular formula is C52H27BN2O3. The minimum atomic E-state index is -0.180. The maximum atomic E-state index is 6.98. The lowest BCUT2D eigenvalue weighted by atomic mass is 9.45. The number of rotatable bonds is 1. The molecule has 2 aliphatic rings. The fourth-order valence-electron chi connectivity index (χ4n) is 10.7. The van der Waals surface area contributed by atoms with E-state index in [-0.39, 0.29) is 6.85 Å². The topological polar surface area (TPSA) is 47.6 Å². The SMILES string of the molecule is c1ccc2cc3c(cc2c1)c1cccc2c1n3B1c3cc4oc5ccccc5c4cc3N(c3ccc4oc5ccccc5c4c3)c3cc4c(oc5ccccc54)c-2c31. The normalized spacial score (nSPS) is 13.4. The average molecular weight is 739 g/mol. The van der Waals surface area contributed by atoms with Crippen LogP contribution < -0.4 is 15.8 Å². The van der Waals surface area contributed by atoms with Gasteiger partial charge in [-0.1, -0.05) is 97.1 Å². The second kappa shape index (κ2) is 10.2. The zero-order valence-corrected chi connectivity index (χ0v) is 30.8. The molecule has 5 nitrogen and oxygen atoms in total. The predicted molar refractivity (Wildman–Crippen MR) is 239 cm³/mol. The first kappa shape index (κ1) is 29.6. The molecule has 0 bridgehead atoms. The first-order valence-corrected chi connectivity index (χ1v) is 19.9. The van der Waals surface area contributed by atoms with Crippen molar-refractivity contribution >= 4 is 133 Å². The van der Waals surface area contributed by atoms with E-state index in [2.05, 4.69) is 155 Å². The van der Waals surface area contributed by atoms with Crippen molar-refractivity contribution in [2.75, 3.05) is 4.90 Å². The van der Waals surface area contributed by atoms with Gasteiger partial charge >= 0.3 is 6.85 Å². The lowest BCUT2D eigenvalue weighted by molar-refractivity contribution is 0.669. The van der Waals surface area contributed by atoms with Gasteiger partial charge in [0.15, 0.2) is 0 Å². The summed E-state index contributed by atoms with van der Waals surface area (Å²) in [5.74, 6) is 0. The van der Waals surface area contributed by atoms with Crippen LogP contribution in [-0.2, 0) is 0 Å². The molecule has 6 heteroatoms. The summed E-state index contributed by atoms with van der Waals surface area (Å²) in [5, 5.41) is 11.5. The van der Waals surface area contributed by atoms with Gasteiger partial charge in [-0.05, 0) is 88.4 Å². The second-order valence-electron chi connectivity index (χ2n) is 16.0. The maximum Gasteiger partial charge on any atom is 0.333 e. The van der Waals surface area contributed by atoms with E-state index in [1.54, 1.807) is 0 Å². The zero-order chi connectivity index (χ0) is 37.4. The summed E-state index contributed by atoms with van der Waals surface area (Å²) in [6.07, 6.45) is 0. The van der Waals surface area contributed by atoms with Gasteiger partial charge in [0.2, 0.25) is 0 Å². The molecule has 4 aromatic heterocycles. The standard InChI is InChI=1S/C52H27BN2O3/c1-2-11-29-23-41-36(22-28(29)10-1)34-15-9-16-35-49-50-43(26-39-33-14-5-8-19-46(33)58-52(39)49)54(30-20-21-47-37(24-30)31-12-3-6-17-44(31)56-47)42-25-38-32-13-4-7-18-45(32)57-48(38)27-40(42)53(50)55(41)51(34)35/h1-27H. The number of hydrogen-bond donors (Lipinski definition) is 0. The lowest BCUT2D eigenvalue weighted by Gasteiger charge is -2.40. The Morgan fingerprint density at radius 3 is 1.83 bits per heavy atom. The Hall–Kier alpha value is -7.70. The second-order valence-corrected chi connectivity index (χ2v) is 16.0. The molecule has 0 unspecified atom stereocenters. The van der Waals surface area contributed by atoms with Gasteiger partial charge in [-0.15, -0.1) is 0 Å². The van der Waals surface area contributed by atoms with Gasteiger partial charge in [0, 0.05) is 82.3 Å². The highest BCUT2D eigenvalue weighted by Crippen LogP contribution is 2.50. The molecule has 0 atom stereocenters. The summed E-state index contributed by atoms with van der Waals surface area (Å²) < 4.78 is 22.7. The minimum Gasteiger partial charge on any atom is -0.456 e. The Kier molecular flexibility index (Phi) is 5.19. The van der Waals surface area contributed by atoms with Crippen LogP contribution in [0.15, 0.2) is 177 Å². The van der Waals surface area contributed by atoms with E-state index in [1.807, 2.05) is 18.2 Å². The Bertz CT molecular complexity index is 4010. The van der Waals surface area contributed by atoms with E-state index >= 15 is 0 Å². The van der Waals surface area contributed by atoms with E-state index in [0.29, 0.717) is 0 Å². The van der Waals surface area contributed by atoms with E-state index in [1.165, 1.54) is 49.1 Å². The molecule has 0 spiro atoms. The monoisotopic (exact) mass is 738 g/mol. The fourth-order valence-corrected chi connectivity index (χ4v) is 10.7. The van der Waals surface area contributed by atoms with Gasteiger partial charge < -0.3 is 22.6 Å². The van der Waals surface area contributed by atoms with Gasteiger partial charge in [-0.2, -0.15) is 0 Å². The summed E-state index contributed by atoms with van der Waals surface area (Å²) in [5.41, 5.74) is 15.8. The van der Waals surface area contributed by atoms with Crippen molar-refractivity contribution in [2.45, 2.75) is 0 Å². The van der Waals surface area contributed by atoms with Crippen LogP contribution >= 0.6 is 0 Å². The number of nitrogens with zero attached hydrogens (tertiary/aromatic N) is 2. The van der Waals surface area contributed by atoms with Gasteiger partial charge in [0.1, 0.15) is 33.5 Å². The first-order valence-electron chi connectivity index (χ1n) is 19.9. The van der Waals surface area contributed by atoms with Crippen LogP contribution in [0.4, 0.5) is 17.1 Å². The van der Waals surface area contributed by atoms with Crippen LogP contribution in [0.25, 0.3) is 110 Å². The van der Waals surface area contributed by atoms with Crippen molar-refractivity contribution in [1.29, 1.82) is 0 Å². The molecule has 0 amide bonds. The molecular weight excluding hydrogens is 711 g/mol. The Balaban J connectivity index is 1.17. The zero-order valence-electron chi connectivity index (χ0n) is 30.8. The molecule has 0 aliphatic carbocycles. The number of furan rings is 3. The third kappa shape index (κ3) is 3.52. The molecule has 0 N–H and O–H groups in total. The van der Waals surface area contributed by atoms with Gasteiger partial charge in [0.05, 0.1) is 0 Å². The average Bonchev–Trinajstić information content (AvgIpc) is 4.02. The molecule has 266 valence electrons. The first-order chi connectivity index (χ1) is 28.7. The van der Waals surface area contributed by atoms with Crippen molar-refractivity contribution in [3.05, 3.63) is 164 Å². The molecule has 0 fully saturated rings. The van der Waals surface area contributed by atoms with Gasteiger partial charge in [-0.3, -0.25) is 0 Å². The number of benzene rings is 9. The Morgan fingerprint density at radius 2 is 1.03 bits per heavy atom. The van der Waals surface area contributed by atoms with Crippen molar-refractivity contribution in [2.24, 2.45) is 0 Å². The molecule has 2 aliphatic heterocycles. The summed E-state index contributed by atoms with van der Waals surface area (Å²) in [7, 11) is 0. The number of para-hydroxylation sites is 4. The van der Waals surface area contributed by atoms with Crippen LogP contribution in [-0.4, -0.2) is 11.3 Å². The summed E-state index contributed by atoms with van der Waals surface area (Å²) in [4.78, 5) is 2.49. The van der Waals surface area contributed by atoms with E-state index < -0.39 is 0 Å². The third-order valence-corrected chi connectivity index (χ3v) is 13.1.